The van der Waals surface area contributed by atoms with Crippen LogP contribution in [0.1, 0.15) is 19.3 Å². The number of hydrogen-bond donors (Lipinski definition) is 2. The lowest BCUT2D eigenvalue weighted by molar-refractivity contribution is -0.158. The highest BCUT2D eigenvalue weighted by Crippen LogP contribution is 2.31. The van der Waals surface area contributed by atoms with E-state index in [1.807, 2.05) is 0 Å². The van der Waals surface area contributed by atoms with E-state index in [1.54, 1.807) is 0 Å². The number of aliphatic carboxylic acids is 2. The van der Waals surface area contributed by atoms with Crippen LogP contribution in [0.3, 0.4) is 0 Å². The summed E-state index contributed by atoms with van der Waals surface area (Å²) in [5.41, 5.74) is 0. The Labute approximate surface area is 81.7 Å². The second-order valence-electron chi connectivity index (χ2n) is 3.56. The topological polar surface area (TPSA) is 83.8 Å². The van der Waals surface area contributed by atoms with Crippen molar-refractivity contribution < 1.29 is 24.5 Å². The summed E-state index contributed by atoms with van der Waals surface area (Å²) in [7, 11) is 1.52. The molecule has 0 aromatic carbocycles. The van der Waals surface area contributed by atoms with Gasteiger partial charge in [-0.25, -0.2) is 0 Å². The molecular weight excluding hydrogens is 188 g/mol. The van der Waals surface area contributed by atoms with Crippen LogP contribution in [-0.4, -0.2) is 35.4 Å². The normalized spacial score (nSPS) is 32.5. The van der Waals surface area contributed by atoms with Gasteiger partial charge in [0.1, 0.15) is 0 Å². The average Bonchev–Trinajstić information content (AvgIpc) is 2.16. The summed E-state index contributed by atoms with van der Waals surface area (Å²) < 4.78 is 5.04. The van der Waals surface area contributed by atoms with Gasteiger partial charge in [0.05, 0.1) is 17.9 Å². The minimum absolute atomic E-state index is 0.119. The fraction of sp³-hybridized carbons (Fsp3) is 0.778. The lowest BCUT2D eigenvalue weighted by Crippen LogP contribution is -2.37. The van der Waals surface area contributed by atoms with Crippen molar-refractivity contribution in [3.8, 4) is 0 Å². The van der Waals surface area contributed by atoms with E-state index in [4.69, 9.17) is 14.9 Å². The maximum absolute atomic E-state index is 10.8. The van der Waals surface area contributed by atoms with Gasteiger partial charge in [-0.2, -0.15) is 0 Å². The Hall–Kier alpha value is -1.10. The van der Waals surface area contributed by atoms with E-state index < -0.39 is 23.8 Å². The Morgan fingerprint density at radius 1 is 1.14 bits per heavy atom. The fourth-order valence-corrected chi connectivity index (χ4v) is 1.91. The standard InChI is InChI=1S/C9H14O5/c1-14-5-2-3-6(8(10)11)7(4-5)9(12)13/h5-7H,2-4H2,1H3,(H,10,11)(H,12,13)/t5-,6-,7-/m0/s1. The monoisotopic (exact) mass is 202 g/mol. The molecule has 0 spiro atoms. The molecule has 5 heteroatoms. The molecule has 1 fully saturated rings. The van der Waals surface area contributed by atoms with Crippen LogP contribution >= 0.6 is 0 Å². The Kier molecular flexibility index (Phi) is 3.46. The predicted molar refractivity (Wildman–Crippen MR) is 46.9 cm³/mol. The van der Waals surface area contributed by atoms with Crippen molar-refractivity contribution in [2.75, 3.05) is 7.11 Å². The number of hydrogen-bond acceptors (Lipinski definition) is 3. The maximum atomic E-state index is 10.8. The number of carboxylic acid groups (broad SMARTS) is 2. The lowest BCUT2D eigenvalue weighted by Gasteiger charge is -2.30. The SMILES string of the molecule is CO[C@H]1CC[C@H](C(=O)O)[C@@H](C(=O)O)C1. The van der Waals surface area contributed by atoms with Crippen LogP contribution in [0.15, 0.2) is 0 Å². The summed E-state index contributed by atoms with van der Waals surface area (Å²) in [6.07, 6.45) is 1.18. The van der Waals surface area contributed by atoms with E-state index in [0.717, 1.165) is 0 Å². The number of rotatable bonds is 3. The van der Waals surface area contributed by atoms with Gasteiger partial charge in [0.25, 0.3) is 0 Å². The third-order valence-electron chi connectivity index (χ3n) is 2.77. The summed E-state index contributed by atoms with van der Waals surface area (Å²) in [5.74, 6) is -3.64. The van der Waals surface area contributed by atoms with Crippen molar-refractivity contribution in [2.24, 2.45) is 11.8 Å². The molecule has 0 radical (unpaired) electrons. The maximum Gasteiger partial charge on any atom is 0.307 e. The number of carbonyl (C=O) groups is 2. The van der Waals surface area contributed by atoms with Crippen LogP contribution in [0.4, 0.5) is 0 Å². The summed E-state index contributed by atoms with van der Waals surface area (Å²) in [4.78, 5) is 21.6. The van der Waals surface area contributed by atoms with Gasteiger partial charge in [0.2, 0.25) is 0 Å². The first kappa shape index (κ1) is 11.0. The Balaban J connectivity index is 2.70. The van der Waals surface area contributed by atoms with Gasteiger partial charge in [0.15, 0.2) is 0 Å². The zero-order chi connectivity index (χ0) is 10.7. The van der Waals surface area contributed by atoms with Gasteiger partial charge in [-0.3, -0.25) is 9.59 Å². The number of methoxy groups -OCH3 is 1. The number of carboxylic acids is 2. The Morgan fingerprint density at radius 2 is 1.71 bits per heavy atom. The molecule has 0 heterocycles. The highest BCUT2D eigenvalue weighted by Gasteiger charge is 2.39. The van der Waals surface area contributed by atoms with E-state index in [0.29, 0.717) is 19.3 Å². The number of ether oxygens (including phenoxy) is 1. The smallest absolute Gasteiger partial charge is 0.307 e. The highest BCUT2D eigenvalue weighted by atomic mass is 16.5. The van der Waals surface area contributed by atoms with Crippen LogP contribution in [0.25, 0.3) is 0 Å². The van der Waals surface area contributed by atoms with Crippen LogP contribution in [0.5, 0.6) is 0 Å². The van der Waals surface area contributed by atoms with Gasteiger partial charge in [-0.15, -0.1) is 0 Å². The van der Waals surface area contributed by atoms with Crippen molar-refractivity contribution in [1.29, 1.82) is 0 Å². The first-order chi connectivity index (χ1) is 6.56. The molecule has 1 aliphatic carbocycles. The molecule has 1 aliphatic rings. The molecule has 80 valence electrons. The van der Waals surface area contributed by atoms with Crippen LogP contribution in [0, 0.1) is 11.8 Å². The van der Waals surface area contributed by atoms with Gasteiger partial charge in [0, 0.05) is 7.11 Å². The van der Waals surface area contributed by atoms with E-state index in [2.05, 4.69) is 0 Å². The van der Waals surface area contributed by atoms with Gasteiger partial charge in [-0.1, -0.05) is 0 Å². The van der Waals surface area contributed by atoms with Gasteiger partial charge >= 0.3 is 11.9 Å². The molecule has 14 heavy (non-hydrogen) atoms. The largest absolute Gasteiger partial charge is 0.481 e. The summed E-state index contributed by atoms with van der Waals surface area (Å²) in [6, 6.07) is 0. The molecule has 0 aromatic rings. The minimum atomic E-state index is -1.04. The van der Waals surface area contributed by atoms with E-state index >= 15 is 0 Å². The average molecular weight is 202 g/mol. The molecule has 1 saturated carbocycles. The molecule has 0 bridgehead atoms. The van der Waals surface area contributed by atoms with Crippen molar-refractivity contribution in [3.05, 3.63) is 0 Å². The van der Waals surface area contributed by atoms with Crippen molar-refractivity contribution in [1.82, 2.24) is 0 Å². The van der Waals surface area contributed by atoms with Crippen LogP contribution in [0.2, 0.25) is 0 Å². The Morgan fingerprint density at radius 3 is 2.14 bits per heavy atom. The lowest BCUT2D eigenvalue weighted by atomic mass is 9.78. The summed E-state index contributed by atoms with van der Waals surface area (Å²) in [5, 5.41) is 17.7. The molecule has 3 atom stereocenters. The van der Waals surface area contributed by atoms with E-state index in [9.17, 15) is 9.59 Å². The molecule has 0 amide bonds. The molecule has 0 aliphatic heterocycles. The molecule has 2 N–H and O–H groups in total. The first-order valence-electron chi connectivity index (χ1n) is 4.54. The summed E-state index contributed by atoms with van der Waals surface area (Å²) >= 11 is 0. The minimum Gasteiger partial charge on any atom is -0.481 e. The second-order valence-corrected chi connectivity index (χ2v) is 3.56. The van der Waals surface area contributed by atoms with E-state index in [-0.39, 0.29) is 6.10 Å². The van der Waals surface area contributed by atoms with Crippen LogP contribution in [-0.2, 0) is 14.3 Å². The zero-order valence-electron chi connectivity index (χ0n) is 7.97. The zero-order valence-corrected chi connectivity index (χ0v) is 7.97. The molecular formula is C9H14O5. The quantitative estimate of drug-likeness (QED) is 0.699. The van der Waals surface area contributed by atoms with Gasteiger partial charge < -0.3 is 14.9 Å². The molecule has 0 saturated heterocycles. The summed E-state index contributed by atoms with van der Waals surface area (Å²) in [6.45, 7) is 0. The molecule has 1 rings (SSSR count). The molecule has 5 nitrogen and oxygen atoms in total. The van der Waals surface area contributed by atoms with Crippen molar-refractivity contribution in [3.63, 3.8) is 0 Å². The van der Waals surface area contributed by atoms with Crippen LogP contribution < -0.4 is 0 Å². The van der Waals surface area contributed by atoms with Crippen molar-refractivity contribution >= 4 is 11.9 Å². The molecule has 0 unspecified atom stereocenters. The second kappa shape index (κ2) is 4.41. The predicted octanol–water partition coefficient (Wildman–Crippen LogP) is 0.587. The highest BCUT2D eigenvalue weighted by molar-refractivity contribution is 5.80. The third kappa shape index (κ3) is 2.23. The van der Waals surface area contributed by atoms with E-state index in [1.165, 1.54) is 7.11 Å². The molecule has 0 aromatic heterocycles. The Bertz CT molecular complexity index is 237. The van der Waals surface area contributed by atoms with Crippen molar-refractivity contribution in [2.45, 2.75) is 25.4 Å². The first-order valence-corrected chi connectivity index (χ1v) is 4.54. The van der Waals surface area contributed by atoms with Gasteiger partial charge in [-0.05, 0) is 19.3 Å². The third-order valence-corrected chi connectivity index (χ3v) is 2.77. The fourth-order valence-electron chi connectivity index (χ4n) is 1.91.